The molecule has 28 heavy (non-hydrogen) atoms. The van der Waals surface area contributed by atoms with Crippen LogP contribution in [0.5, 0.6) is 0 Å². The Labute approximate surface area is 193 Å². The number of rotatable bonds is 7. The maximum Gasteiger partial charge on any atom is 0.250 e. The van der Waals surface area contributed by atoms with Gasteiger partial charge in [0.15, 0.2) is 5.96 Å². The van der Waals surface area contributed by atoms with E-state index >= 15 is 0 Å². The second kappa shape index (κ2) is 12.3. The fourth-order valence-corrected chi connectivity index (χ4v) is 3.41. The summed E-state index contributed by atoms with van der Waals surface area (Å²) in [6, 6.07) is 10.8. The smallest absolute Gasteiger partial charge is 0.250 e. The fourth-order valence-electron chi connectivity index (χ4n) is 2.84. The highest BCUT2D eigenvalue weighted by Gasteiger charge is 2.11. The van der Waals surface area contributed by atoms with Gasteiger partial charge in [0.1, 0.15) is 0 Å². The Hall–Kier alpha value is -1.25. The second-order valence-electron chi connectivity index (χ2n) is 6.39. The van der Waals surface area contributed by atoms with Crippen LogP contribution in [-0.2, 0) is 6.54 Å². The summed E-state index contributed by atoms with van der Waals surface area (Å²) in [5.74, 6) is 0.710. The van der Waals surface area contributed by atoms with Crippen molar-refractivity contribution in [1.82, 2.24) is 15.2 Å². The van der Waals surface area contributed by atoms with Crippen molar-refractivity contribution >= 4 is 53.1 Å². The van der Waals surface area contributed by atoms with Crippen molar-refractivity contribution in [3.05, 3.63) is 68.1 Å². The van der Waals surface area contributed by atoms with Gasteiger partial charge >= 0.3 is 0 Å². The number of nitrogens with zero attached hydrogens (tertiary/aromatic N) is 2. The van der Waals surface area contributed by atoms with Gasteiger partial charge in [0, 0.05) is 41.9 Å². The number of unbranched alkanes of at least 4 members (excludes halogenated alkanes) is 1. The average molecular weight is 537 g/mol. The van der Waals surface area contributed by atoms with E-state index in [1.807, 2.05) is 32.0 Å². The molecule has 1 aromatic heterocycles. The van der Waals surface area contributed by atoms with Crippen molar-refractivity contribution in [3.8, 4) is 0 Å². The minimum Gasteiger partial charge on any atom is -0.356 e. The zero-order valence-electron chi connectivity index (χ0n) is 16.3. The van der Waals surface area contributed by atoms with E-state index in [1.165, 1.54) is 0 Å². The van der Waals surface area contributed by atoms with Gasteiger partial charge in [-0.1, -0.05) is 35.3 Å². The summed E-state index contributed by atoms with van der Waals surface area (Å²) in [4.78, 5) is 16.1. The van der Waals surface area contributed by atoms with Gasteiger partial charge in [-0.2, -0.15) is 0 Å². The van der Waals surface area contributed by atoms with Crippen LogP contribution in [0.2, 0.25) is 10.0 Å². The van der Waals surface area contributed by atoms with Crippen molar-refractivity contribution < 1.29 is 0 Å². The minimum absolute atomic E-state index is 0. The van der Waals surface area contributed by atoms with Crippen molar-refractivity contribution in [2.45, 2.75) is 39.3 Å². The molecule has 0 saturated heterocycles. The van der Waals surface area contributed by atoms with Gasteiger partial charge in [-0.25, -0.2) is 0 Å². The molecule has 1 atom stereocenters. The summed E-state index contributed by atoms with van der Waals surface area (Å²) < 4.78 is 1.80. The van der Waals surface area contributed by atoms with Crippen LogP contribution < -0.4 is 16.2 Å². The fraction of sp³-hybridized carbons (Fsp3) is 0.400. The maximum atomic E-state index is 11.9. The van der Waals surface area contributed by atoms with Crippen molar-refractivity contribution in [2.75, 3.05) is 13.6 Å². The molecule has 1 heterocycles. The summed E-state index contributed by atoms with van der Waals surface area (Å²) >= 11 is 12.2. The van der Waals surface area contributed by atoms with Crippen LogP contribution in [0.25, 0.3) is 0 Å². The number of aryl methyl sites for hydroxylation is 1. The number of hydrogen-bond donors (Lipinski definition) is 2. The Kier molecular flexibility index (Phi) is 10.9. The highest BCUT2D eigenvalue weighted by atomic mass is 127. The lowest BCUT2D eigenvalue weighted by Gasteiger charge is -2.19. The summed E-state index contributed by atoms with van der Waals surface area (Å²) in [7, 11) is 1.73. The lowest BCUT2D eigenvalue weighted by atomic mass is 10.1. The number of nitrogens with one attached hydrogen (secondary N) is 2. The predicted molar refractivity (Wildman–Crippen MR) is 129 cm³/mol. The molecule has 0 radical (unpaired) electrons. The van der Waals surface area contributed by atoms with E-state index in [1.54, 1.807) is 29.8 Å². The molecule has 8 heteroatoms. The SMILES string of the molecule is CN=C(NCCCCn1c(C)cccc1=O)NC(C)c1ccc(Cl)cc1Cl.I. The first-order valence-corrected chi connectivity index (χ1v) is 9.76. The van der Waals surface area contributed by atoms with E-state index < -0.39 is 0 Å². The molecule has 2 aromatic rings. The van der Waals surface area contributed by atoms with Crippen molar-refractivity contribution in [2.24, 2.45) is 4.99 Å². The van der Waals surface area contributed by atoms with E-state index in [0.29, 0.717) is 16.0 Å². The number of aliphatic imine (C=N–C) groups is 1. The third kappa shape index (κ3) is 7.29. The third-order valence-corrected chi connectivity index (χ3v) is 4.94. The molecule has 0 aliphatic rings. The monoisotopic (exact) mass is 536 g/mol. The zero-order chi connectivity index (χ0) is 19.8. The third-order valence-electron chi connectivity index (χ3n) is 4.37. The lowest BCUT2D eigenvalue weighted by Crippen LogP contribution is -2.39. The topological polar surface area (TPSA) is 58.4 Å². The standard InChI is InChI=1S/C20H26Cl2N4O.HI/c1-14-7-6-8-19(27)26(14)12-5-4-11-24-20(23-3)25-15(2)17-10-9-16(21)13-18(17)22;/h6-10,13,15H,4-5,11-12H2,1-3H3,(H2,23,24,25);1H. The highest BCUT2D eigenvalue weighted by Crippen LogP contribution is 2.25. The largest absolute Gasteiger partial charge is 0.356 e. The molecule has 2 N–H and O–H groups in total. The van der Waals surface area contributed by atoms with Gasteiger partial charge < -0.3 is 15.2 Å². The molecule has 0 amide bonds. The van der Waals surface area contributed by atoms with Gasteiger partial charge in [-0.3, -0.25) is 9.79 Å². The summed E-state index contributed by atoms with van der Waals surface area (Å²) in [6.45, 7) is 5.46. The first-order chi connectivity index (χ1) is 12.9. The molecule has 0 saturated carbocycles. The molecule has 1 aromatic carbocycles. The van der Waals surface area contributed by atoms with E-state index in [4.69, 9.17) is 23.2 Å². The number of halogens is 3. The minimum atomic E-state index is -0.00786. The number of benzene rings is 1. The van der Waals surface area contributed by atoms with Gasteiger partial charge in [0.25, 0.3) is 5.56 Å². The molecular weight excluding hydrogens is 510 g/mol. The van der Waals surface area contributed by atoms with E-state index in [9.17, 15) is 4.79 Å². The van der Waals surface area contributed by atoms with E-state index in [2.05, 4.69) is 15.6 Å². The molecule has 5 nitrogen and oxygen atoms in total. The van der Waals surface area contributed by atoms with Gasteiger partial charge in [-0.05, 0) is 50.5 Å². The number of guanidine groups is 1. The molecule has 1 unspecified atom stereocenters. The number of aromatic nitrogens is 1. The molecule has 2 rings (SSSR count). The Morgan fingerprint density at radius 3 is 2.61 bits per heavy atom. The zero-order valence-corrected chi connectivity index (χ0v) is 20.2. The van der Waals surface area contributed by atoms with Crippen LogP contribution in [0.4, 0.5) is 0 Å². The number of pyridine rings is 1. The average Bonchev–Trinajstić information content (AvgIpc) is 2.62. The molecule has 154 valence electrons. The summed E-state index contributed by atoms with van der Waals surface area (Å²) in [5, 5.41) is 7.87. The van der Waals surface area contributed by atoms with Crippen LogP contribution in [0, 0.1) is 6.92 Å². The van der Waals surface area contributed by atoms with E-state index in [0.717, 1.165) is 37.2 Å². The van der Waals surface area contributed by atoms with Gasteiger partial charge in [-0.15, -0.1) is 24.0 Å². The first-order valence-electron chi connectivity index (χ1n) is 9.01. The van der Waals surface area contributed by atoms with Crippen LogP contribution in [-0.4, -0.2) is 24.1 Å². The summed E-state index contributed by atoms with van der Waals surface area (Å²) in [5.41, 5.74) is 2.00. The molecular formula is C20H27Cl2IN4O. The van der Waals surface area contributed by atoms with Crippen molar-refractivity contribution in [3.63, 3.8) is 0 Å². The number of hydrogen-bond acceptors (Lipinski definition) is 2. The molecule has 0 fully saturated rings. The predicted octanol–water partition coefficient (Wildman–Crippen LogP) is 4.79. The Balaban J connectivity index is 0.00000392. The Morgan fingerprint density at radius 1 is 1.21 bits per heavy atom. The van der Waals surface area contributed by atoms with Crippen LogP contribution >= 0.6 is 47.2 Å². The summed E-state index contributed by atoms with van der Waals surface area (Å²) in [6.07, 6.45) is 1.84. The Morgan fingerprint density at radius 2 is 1.96 bits per heavy atom. The highest BCUT2D eigenvalue weighted by molar-refractivity contribution is 14.0. The molecule has 0 aliphatic carbocycles. The van der Waals surface area contributed by atoms with Crippen molar-refractivity contribution in [1.29, 1.82) is 0 Å². The van der Waals surface area contributed by atoms with Gasteiger partial charge in [0.2, 0.25) is 0 Å². The molecule has 0 spiro atoms. The van der Waals surface area contributed by atoms with Crippen LogP contribution in [0.1, 0.15) is 37.1 Å². The lowest BCUT2D eigenvalue weighted by molar-refractivity contribution is 0.572. The van der Waals surface area contributed by atoms with Gasteiger partial charge in [0.05, 0.1) is 6.04 Å². The normalized spacial score (nSPS) is 12.2. The Bertz CT molecular complexity index is 854. The molecule has 0 aliphatic heterocycles. The van der Waals surface area contributed by atoms with E-state index in [-0.39, 0.29) is 35.6 Å². The van der Waals surface area contributed by atoms with Crippen LogP contribution in [0.3, 0.4) is 0 Å². The second-order valence-corrected chi connectivity index (χ2v) is 7.24. The maximum absolute atomic E-state index is 11.9. The quantitative estimate of drug-likeness (QED) is 0.231. The molecule has 0 bridgehead atoms. The van der Waals surface area contributed by atoms with Crippen LogP contribution in [0.15, 0.2) is 46.2 Å². The first kappa shape index (κ1) is 24.8.